The molecular formula is C14H9F4NOS. The van der Waals surface area contributed by atoms with E-state index in [1.165, 1.54) is 25.1 Å². The molecule has 0 atom stereocenters. The summed E-state index contributed by atoms with van der Waals surface area (Å²) < 4.78 is 50.9. The van der Waals surface area contributed by atoms with Crippen LogP contribution in [0.1, 0.15) is 22.8 Å². The molecule has 0 saturated heterocycles. The zero-order valence-corrected chi connectivity index (χ0v) is 11.6. The SMILES string of the molecule is CC(=O)c1c(F)cccc1Sc1ccc(C(F)(F)F)cn1. The van der Waals surface area contributed by atoms with Crippen LogP contribution in [0.25, 0.3) is 0 Å². The predicted molar refractivity (Wildman–Crippen MR) is 69.8 cm³/mol. The fourth-order valence-electron chi connectivity index (χ4n) is 1.65. The van der Waals surface area contributed by atoms with Crippen molar-refractivity contribution in [1.29, 1.82) is 0 Å². The Hall–Kier alpha value is -1.89. The highest BCUT2D eigenvalue weighted by molar-refractivity contribution is 7.99. The third-order valence-electron chi connectivity index (χ3n) is 2.61. The normalized spacial score (nSPS) is 11.5. The lowest BCUT2D eigenvalue weighted by Crippen LogP contribution is -2.05. The van der Waals surface area contributed by atoms with Gasteiger partial charge in [0.2, 0.25) is 0 Å². The first-order valence-electron chi connectivity index (χ1n) is 5.79. The fraction of sp³-hybridized carbons (Fsp3) is 0.143. The van der Waals surface area contributed by atoms with Crippen LogP contribution in [-0.2, 0) is 6.18 Å². The molecule has 2 nitrogen and oxygen atoms in total. The molecule has 1 aromatic carbocycles. The van der Waals surface area contributed by atoms with Crippen molar-refractivity contribution in [1.82, 2.24) is 4.98 Å². The van der Waals surface area contributed by atoms with Gasteiger partial charge in [0, 0.05) is 11.1 Å². The molecule has 1 aromatic heterocycles. The van der Waals surface area contributed by atoms with Gasteiger partial charge in [0.1, 0.15) is 10.8 Å². The monoisotopic (exact) mass is 315 g/mol. The third kappa shape index (κ3) is 3.60. The van der Waals surface area contributed by atoms with E-state index in [-0.39, 0.29) is 10.6 Å². The summed E-state index contributed by atoms with van der Waals surface area (Å²) in [5, 5.41) is 0.246. The number of pyridine rings is 1. The topological polar surface area (TPSA) is 30.0 Å². The second-order valence-electron chi connectivity index (χ2n) is 4.15. The van der Waals surface area contributed by atoms with Crippen molar-refractivity contribution >= 4 is 17.5 Å². The molecule has 0 saturated carbocycles. The van der Waals surface area contributed by atoms with Crippen LogP contribution < -0.4 is 0 Å². The molecule has 7 heteroatoms. The van der Waals surface area contributed by atoms with E-state index in [1.807, 2.05) is 0 Å². The van der Waals surface area contributed by atoms with E-state index in [0.29, 0.717) is 11.1 Å². The van der Waals surface area contributed by atoms with E-state index < -0.39 is 23.3 Å². The predicted octanol–water partition coefficient (Wildman–Crippen LogP) is 4.59. The lowest BCUT2D eigenvalue weighted by molar-refractivity contribution is -0.137. The molecule has 0 N–H and O–H groups in total. The van der Waals surface area contributed by atoms with Crippen molar-refractivity contribution in [2.75, 3.05) is 0 Å². The highest BCUT2D eigenvalue weighted by Crippen LogP contribution is 2.33. The molecule has 0 amide bonds. The Morgan fingerprint density at radius 3 is 2.43 bits per heavy atom. The van der Waals surface area contributed by atoms with E-state index in [4.69, 9.17) is 0 Å². The lowest BCUT2D eigenvalue weighted by Gasteiger charge is -2.09. The van der Waals surface area contributed by atoms with Crippen molar-refractivity contribution in [3.8, 4) is 0 Å². The number of Topliss-reactive ketones (excluding diaryl/α,β-unsaturated/α-hetero) is 1. The molecule has 0 fully saturated rings. The average molecular weight is 315 g/mol. The highest BCUT2D eigenvalue weighted by atomic mass is 32.2. The summed E-state index contributed by atoms with van der Waals surface area (Å²) in [6.45, 7) is 1.22. The molecule has 110 valence electrons. The van der Waals surface area contributed by atoms with Gasteiger partial charge in [0.05, 0.1) is 11.1 Å². The first-order valence-corrected chi connectivity index (χ1v) is 6.61. The van der Waals surface area contributed by atoms with Gasteiger partial charge in [-0.2, -0.15) is 13.2 Å². The van der Waals surface area contributed by atoms with Crippen LogP contribution in [-0.4, -0.2) is 10.8 Å². The molecule has 21 heavy (non-hydrogen) atoms. The van der Waals surface area contributed by atoms with Crippen molar-refractivity contribution in [3.05, 3.63) is 53.5 Å². The number of alkyl halides is 3. The number of benzene rings is 1. The van der Waals surface area contributed by atoms with Gasteiger partial charge < -0.3 is 0 Å². The number of nitrogens with zero attached hydrogens (tertiary/aromatic N) is 1. The zero-order chi connectivity index (χ0) is 15.6. The zero-order valence-electron chi connectivity index (χ0n) is 10.7. The summed E-state index contributed by atoms with van der Waals surface area (Å²) in [5.74, 6) is -1.12. The number of hydrogen-bond acceptors (Lipinski definition) is 3. The summed E-state index contributed by atoms with van der Waals surface area (Å²) in [6.07, 6.45) is -3.76. The Morgan fingerprint density at radius 2 is 1.90 bits per heavy atom. The second kappa shape index (κ2) is 5.85. The van der Waals surface area contributed by atoms with Crippen LogP contribution in [0, 0.1) is 5.82 Å². The maximum atomic E-state index is 13.6. The van der Waals surface area contributed by atoms with Crippen LogP contribution in [0.3, 0.4) is 0 Å². The average Bonchev–Trinajstić information content (AvgIpc) is 2.38. The minimum Gasteiger partial charge on any atom is -0.294 e. The Kier molecular flexibility index (Phi) is 4.32. The molecule has 2 rings (SSSR count). The molecule has 0 bridgehead atoms. The van der Waals surface area contributed by atoms with Gasteiger partial charge in [0.25, 0.3) is 0 Å². The van der Waals surface area contributed by atoms with Gasteiger partial charge in [-0.3, -0.25) is 4.79 Å². The van der Waals surface area contributed by atoms with E-state index in [9.17, 15) is 22.4 Å². The van der Waals surface area contributed by atoms with Gasteiger partial charge in [-0.15, -0.1) is 0 Å². The Bertz CT molecular complexity index is 668. The first kappa shape index (κ1) is 15.5. The molecular weight excluding hydrogens is 306 g/mol. The van der Waals surface area contributed by atoms with E-state index in [0.717, 1.165) is 23.9 Å². The third-order valence-corrected chi connectivity index (χ3v) is 3.62. The summed E-state index contributed by atoms with van der Waals surface area (Å²) in [5.41, 5.74) is -0.956. The molecule has 2 aromatic rings. The summed E-state index contributed by atoms with van der Waals surface area (Å²) in [4.78, 5) is 15.4. The van der Waals surface area contributed by atoms with Crippen LogP contribution in [0.15, 0.2) is 46.5 Å². The Labute approximate surface area is 122 Å². The lowest BCUT2D eigenvalue weighted by atomic mass is 10.1. The van der Waals surface area contributed by atoms with E-state index in [2.05, 4.69) is 4.98 Å². The molecule has 0 aliphatic carbocycles. The van der Waals surface area contributed by atoms with E-state index >= 15 is 0 Å². The van der Waals surface area contributed by atoms with Crippen molar-refractivity contribution < 1.29 is 22.4 Å². The molecule has 0 unspecified atom stereocenters. The maximum absolute atomic E-state index is 13.6. The molecule has 1 heterocycles. The summed E-state index contributed by atoms with van der Waals surface area (Å²) in [7, 11) is 0. The highest BCUT2D eigenvalue weighted by Gasteiger charge is 2.30. The number of rotatable bonds is 3. The van der Waals surface area contributed by atoms with E-state index in [1.54, 1.807) is 0 Å². The van der Waals surface area contributed by atoms with Crippen molar-refractivity contribution in [3.63, 3.8) is 0 Å². The van der Waals surface area contributed by atoms with Gasteiger partial charge in [-0.1, -0.05) is 17.8 Å². The van der Waals surface area contributed by atoms with Crippen LogP contribution in [0.5, 0.6) is 0 Å². The van der Waals surface area contributed by atoms with Gasteiger partial charge >= 0.3 is 6.18 Å². The van der Waals surface area contributed by atoms with Crippen molar-refractivity contribution in [2.45, 2.75) is 23.0 Å². The number of ketones is 1. The standard InChI is InChI=1S/C14H9F4NOS/c1-8(20)13-10(15)3-2-4-11(13)21-12-6-5-9(7-19-12)14(16,17)18/h2-7H,1H3. The maximum Gasteiger partial charge on any atom is 0.417 e. The smallest absolute Gasteiger partial charge is 0.294 e. The Balaban J connectivity index is 2.31. The minimum atomic E-state index is -4.46. The first-order chi connectivity index (χ1) is 9.79. The fourth-order valence-corrected chi connectivity index (χ4v) is 2.61. The molecule has 0 aliphatic heterocycles. The molecule has 0 radical (unpaired) electrons. The number of halogens is 4. The minimum absolute atomic E-state index is 0.0933. The van der Waals surface area contributed by atoms with Gasteiger partial charge in [-0.25, -0.2) is 9.37 Å². The number of hydrogen-bond donors (Lipinski definition) is 0. The number of carbonyl (C=O) groups is 1. The van der Waals surface area contributed by atoms with Gasteiger partial charge in [0.15, 0.2) is 5.78 Å². The molecule has 0 spiro atoms. The van der Waals surface area contributed by atoms with Crippen LogP contribution in [0.2, 0.25) is 0 Å². The molecule has 0 aliphatic rings. The summed E-state index contributed by atoms with van der Waals surface area (Å²) in [6, 6.07) is 6.17. The largest absolute Gasteiger partial charge is 0.417 e. The van der Waals surface area contributed by atoms with Gasteiger partial charge in [-0.05, 0) is 31.2 Å². The summed E-state index contributed by atoms with van der Waals surface area (Å²) >= 11 is 0.937. The Morgan fingerprint density at radius 1 is 1.19 bits per heavy atom. The quantitative estimate of drug-likeness (QED) is 0.613. The number of aromatic nitrogens is 1. The second-order valence-corrected chi connectivity index (χ2v) is 5.22. The number of carbonyl (C=O) groups excluding carboxylic acids is 1. The van der Waals surface area contributed by atoms with Crippen LogP contribution >= 0.6 is 11.8 Å². The van der Waals surface area contributed by atoms with Crippen LogP contribution in [0.4, 0.5) is 17.6 Å². The van der Waals surface area contributed by atoms with Crippen molar-refractivity contribution in [2.24, 2.45) is 0 Å².